The van der Waals surface area contributed by atoms with Crippen molar-refractivity contribution >= 4 is 44.5 Å². The van der Waals surface area contributed by atoms with Crippen LogP contribution in [0.2, 0.25) is 0 Å². The number of thiophene rings is 1. The summed E-state index contributed by atoms with van der Waals surface area (Å²) in [5, 5.41) is 3.90. The van der Waals surface area contributed by atoms with Gasteiger partial charge in [0, 0.05) is 38.1 Å². The molecule has 4 rings (SSSR count). The highest BCUT2D eigenvalue weighted by molar-refractivity contribution is 7.21. The van der Waals surface area contributed by atoms with Gasteiger partial charge in [0.2, 0.25) is 0 Å². The summed E-state index contributed by atoms with van der Waals surface area (Å²) in [6, 6.07) is 9.64. The van der Waals surface area contributed by atoms with Gasteiger partial charge in [0.25, 0.3) is 5.91 Å². The number of hydrogen-bond acceptors (Lipinski definition) is 8. The Morgan fingerprint density at radius 2 is 1.83 bits per heavy atom. The molecule has 1 amide bonds. The van der Waals surface area contributed by atoms with Crippen molar-refractivity contribution in [2.24, 2.45) is 10.9 Å². The first-order valence-electron chi connectivity index (χ1n) is 9.88. The molecule has 0 bridgehead atoms. The molecule has 156 valence electrons. The minimum absolute atomic E-state index is 0.339. The minimum atomic E-state index is -0.522. The van der Waals surface area contributed by atoms with E-state index >= 15 is 0 Å². The Morgan fingerprint density at radius 3 is 2.53 bits per heavy atom. The molecule has 0 aliphatic carbocycles. The third-order valence-corrected chi connectivity index (χ3v) is 6.69. The number of carbonyl (C=O) groups excluding carboxylic acids is 1. The topological polar surface area (TPSA) is 118 Å². The van der Waals surface area contributed by atoms with E-state index in [0.29, 0.717) is 10.6 Å². The Balaban J connectivity index is 1.56. The minimum Gasteiger partial charge on any atom is -0.397 e. The molecule has 8 nitrogen and oxygen atoms in total. The maximum absolute atomic E-state index is 11.7. The summed E-state index contributed by atoms with van der Waals surface area (Å²) < 4.78 is 0. The number of fused-ring (bicyclic) bond motifs is 1. The van der Waals surface area contributed by atoms with Crippen LogP contribution in [0.4, 0.5) is 17.1 Å². The van der Waals surface area contributed by atoms with Crippen LogP contribution in [0.1, 0.15) is 34.6 Å². The predicted molar refractivity (Wildman–Crippen MR) is 122 cm³/mol. The van der Waals surface area contributed by atoms with Crippen LogP contribution in [-0.4, -0.2) is 37.1 Å². The second kappa shape index (κ2) is 8.27. The first kappa shape index (κ1) is 20.1. The average molecular weight is 425 g/mol. The van der Waals surface area contributed by atoms with Crippen molar-refractivity contribution in [1.82, 2.24) is 4.98 Å². The van der Waals surface area contributed by atoms with Gasteiger partial charge in [0.05, 0.1) is 16.8 Å². The van der Waals surface area contributed by atoms with Crippen molar-refractivity contribution in [1.29, 1.82) is 0 Å². The van der Waals surface area contributed by atoms with E-state index in [9.17, 15) is 9.70 Å². The van der Waals surface area contributed by atoms with E-state index in [4.69, 9.17) is 11.5 Å². The summed E-state index contributed by atoms with van der Waals surface area (Å²) in [6.45, 7) is 5.25. The van der Waals surface area contributed by atoms with Crippen LogP contribution in [0.15, 0.2) is 41.7 Å². The summed E-state index contributed by atoms with van der Waals surface area (Å²) >= 11 is 1.24. The molecule has 3 aromatic rings. The normalized spacial score (nSPS) is 15.8. The van der Waals surface area contributed by atoms with Crippen LogP contribution in [0.3, 0.4) is 0 Å². The van der Waals surface area contributed by atoms with Gasteiger partial charge in [-0.25, -0.2) is 4.98 Å². The van der Waals surface area contributed by atoms with E-state index in [1.54, 1.807) is 13.1 Å². The number of hydrogen-bond donors (Lipinski definition) is 2. The number of nitrogens with zero attached hydrogens (tertiary/aromatic N) is 4. The second-order valence-corrected chi connectivity index (χ2v) is 8.42. The van der Waals surface area contributed by atoms with Crippen LogP contribution in [-0.2, 0) is 0 Å². The van der Waals surface area contributed by atoms with Crippen LogP contribution >= 0.6 is 11.3 Å². The fourth-order valence-electron chi connectivity index (χ4n) is 3.92. The molecule has 2 aromatic heterocycles. The fourth-order valence-corrected chi connectivity index (χ4v) is 4.85. The predicted octanol–water partition coefficient (Wildman–Crippen LogP) is 3.52. The van der Waals surface area contributed by atoms with Gasteiger partial charge in [0.1, 0.15) is 15.7 Å². The molecule has 3 heterocycles. The third kappa shape index (κ3) is 3.68. The summed E-state index contributed by atoms with van der Waals surface area (Å²) in [4.78, 5) is 32.6. The zero-order valence-electron chi connectivity index (χ0n) is 16.7. The number of aromatic nitrogens is 1. The zero-order chi connectivity index (χ0) is 21.3. The molecule has 4 N–H and O–H groups in total. The van der Waals surface area contributed by atoms with Crippen LogP contribution in [0.5, 0.6) is 0 Å². The quantitative estimate of drug-likeness (QED) is 0.605. The number of nitroso groups, excluding NO2 is 1. The Bertz CT molecular complexity index is 1080. The monoisotopic (exact) mass is 424 g/mol. The molecule has 1 saturated heterocycles. The van der Waals surface area contributed by atoms with Gasteiger partial charge in [0.15, 0.2) is 0 Å². The number of pyridine rings is 1. The molecule has 9 heteroatoms. The average Bonchev–Trinajstić information content (AvgIpc) is 2.94. The molecule has 1 unspecified atom stereocenters. The Kier molecular flexibility index (Phi) is 5.54. The van der Waals surface area contributed by atoms with Crippen LogP contribution in [0.25, 0.3) is 10.2 Å². The molecule has 0 radical (unpaired) electrons. The third-order valence-electron chi connectivity index (χ3n) is 5.57. The molecule has 1 fully saturated rings. The number of rotatable bonds is 5. The van der Waals surface area contributed by atoms with E-state index in [-0.39, 0.29) is 6.04 Å². The van der Waals surface area contributed by atoms with Crippen molar-refractivity contribution < 1.29 is 4.79 Å². The number of nitrogen functional groups attached to an aromatic ring is 1. The van der Waals surface area contributed by atoms with Crippen molar-refractivity contribution in [3.05, 3.63) is 51.9 Å². The Labute approximate surface area is 178 Å². The molecule has 1 aliphatic heterocycles. The summed E-state index contributed by atoms with van der Waals surface area (Å²) in [5.74, 6) is -0.522. The maximum atomic E-state index is 11.7. The van der Waals surface area contributed by atoms with E-state index in [2.05, 4.69) is 20.0 Å². The van der Waals surface area contributed by atoms with Crippen molar-refractivity contribution in [3.63, 3.8) is 0 Å². The summed E-state index contributed by atoms with van der Waals surface area (Å²) in [7, 11) is 0. The molecule has 0 spiro atoms. The highest BCUT2D eigenvalue weighted by atomic mass is 32.1. The molecule has 1 aliphatic rings. The number of carbonyl (C=O) groups is 1. The Hall–Kier alpha value is -3.20. The Morgan fingerprint density at radius 1 is 1.13 bits per heavy atom. The van der Waals surface area contributed by atoms with Gasteiger partial charge >= 0.3 is 0 Å². The first-order valence-corrected chi connectivity index (χ1v) is 10.7. The van der Waals surface area contributed by atoms with Gasteiger partial charge in [-0.15, -0.1) is 11.3 Å². The number of benzene rings is 1. The maximum Gasteiger partial charge on any atom is 0.260 e. The van der Waals surface area contributed by atoms with Gasteiger partial charge in [-0.05, 0) is 37.1 Å². The number of anilines is 3. The van der Waals surface area contributed by atoms with Crippen LogP contribution < -0.4 is 21.3 Å². The van der Waals surface area contributed by atoms with Gasteiger partial charge in [-0.2, -0.15) is 4.91 Å². The highest BCUT2D eigenvalue weighted by Gasteiger charge is 2.22. The molecule has 30 heavy (non-hydrogen) atoms. The van der Waals surface area contributed by atoms with E-state index < -0.39 is 5.91 Å². The van der Waals surface area contributed by atoms with E-state index in [1.165, 1.54) is 11.3 Å². The second-order valence-electron chi connectivity index (χ2n) is 7.42. The lowest BCUT2D eigenvalue weighted by Crippen LogP contribution is -2.30. The van der Waals surface area contributed by atoms with E-state index in [0.717, 1.165) is 59.8 Å². The molecule has 0 saturated carbocycles. The molecular formula is C21H24N6O2S. The summed E-state index contributed by atoms with van der Waals surface area (Å²) in [5.41, 5.74) is 15.2. The lowest BCUT2D eigenvalue weighted by Gasteiger charge is -2.25. The molecule has 1 atom stereocenters. The molecular weight excluding hydrogens is 400 g/mol. The summed E-state index contributed by atoms with van der Waals surface area (Å²) in [6.07, 6.45) is 2.73. The smallest absolute Gasteiger partial charge is 0.260 e. The van der Waals surface area contributed by atoms with Crippen molar-refractivity contribution in [3.8, 4) is 0 Å². The number of amides is 1. The highest BCUT2D eigenvalue weighted by Crippen LogP contribution is 2.38. The van der Waals surface area contributed by atoms with Gasteiger partial charge in [-0.3, -0.25) is 4.79 Å². The number of nitrogens with two attached hydrogens (primary N) is 2. The van der Waals surface area contributed by atoms with Gasteiger partial charge in [-0.1, -0.05) is 17.3 Å². The zero-order valence-corrected chi connectivity index (χ0v) is 17.6. The molecule has 1 aromatic carbocycles. The SMILES string of the molecule is CC(N=O)c1ccc(N2CCCN(c3ccnc4sc(C(N)=O)c(N)c34)CC2)cc1. The lowest BCUT2D eigenvalue weighted by atomic mass is 10.1. The standard InChI is InChI=1S/C21H24N6O2S/c1-13(25-29)14-3-5-15(6-4-14)26-9-2-10-27(12-11-26)16-7-8-24-21-17(16)18(22)19(30-21)20(23)28/h3-8,13H,2,9-12,22H2,1H3,(H2,23,28). The first-order chi connectivity index (χ1) is 14.5. The van der Waals surface area contributed by atoms with Gasteiger partial charge < -0.3 is 21.3 Å². The van der Waals surface area contributed by atoms with Crippen LogP contribution in [0, 0.1) is 4.91 Å². The van der Waals surface area contributed by atoms with E-state index in [1.807, 2.05) is 30.3 Å². The van der Waals surface area contributed by atoms with Crippen molar-refractivity contribution in [2.75, 3.05) is 41.7 Å². The number of primary amides is 1. The lowest BCUT2D eigenvalue weighted by molar-refractivity contribution is 0.100. The largest absolute Gasteiger partial charge is 0.397 e. The fraction of sp³-hybridized carbons (Fsp3) is 0.333. The van der Waals surface area contributed by atoms with Crippen molar-refractivity contribution in [2.45, 2.75) is 19.4 Å².